The molecule has 1 N–H and O–H groups in total. The number of morpholine rings is 1. The molecule has 0 bridgehead atoms. The van der Waals surface area contributed by atoms with E-state index < -0.39 is 14.9 Å². The second-order valence-electron chi connectivity index (χ2n) is 6.87. The summed E-state index contributed by atoms with van der Waals surface area (Å²) in [4.78, 5) is 12.5. The fraction of sp³-hybridized carbons (Fsp3) is 0.368. The molecule has 1 saturated heterocycles. The fourth-order valence-corrected chi connectivity index (χ4v) is 4.55. The average molecular weight is 440 g/mol. The van der Waals surface area contributed by atoms with Gasteiger partial charge in [0.15, 0.2) is 0 Å². The number of nitro groups is 1. The molecule has 2 aromatic rings. The molecule has 0 saturated carbocycles. The van der Waals surface area contributed by atoms with Crippen LogP contribution in [-0.2, 0) is 21.3 Å². The van der Waals surface area contributed by atoms with Gasteiger partial charge in [0.1, 0.15) is 0 Å². The first-order valence-corrected chi connectivity index (χ1v) is 10.9. The number of benzene rings is 2. The zero-order valence-electron chi connectivity index (χ0n) is 15.9. The molecule has 0 aromatic heterocycles. The van der Waals surface area contributed by atoms with Crippen molar-refractivity contribution in [1.29, 1.82) is 0 Å². The Kier molecular flexibility index (Phi) is 6.86. The SMILES string of the molecule is Cc1c(Cl)cc(S(=O)(=O)NCC2CN(Cc3ccccc3)CCO2)cc1[N+](=O)[O-]. The molecule has 3 rings (SSSR count). The molecule has 29 heavy (non-hydrogen) atoms. The van der Waals surface area contributed by atoms with E-state index in [9.17, 15) is 18.5 Å². The molecule has 1 atom stereocenters. The molecule has 10 heteroatoms. The summed E-state index contributed by atoms with van der Waals surface area (Å²) in [5.74, 6) is 0. The van der Waals surface area contributed by atoms with E-state index in [2.05, 4.69) is 9.62 Å². The molecule has 1 aliphatic heterocycles. The summed E-state index contributed by atoms with van der Waals surface area (Å²) in [5.41, 5.74) is 1.07. The molecule has 2 aromatic carbocycles. The third-order valence-electron chi connectivity index (χ3n) is 4.77. The van der Waals surface area contributed by atoms with E-state index in [4.69, 9.17) is 16.3 Å². The van der Waals surface area contributed by atoms with E-state index in [0.717, 1.165) is 19.2 Å². The van der Waals surface area contributed by atoms with Crippen molar-refractivity contribution in [1.82, 2.24) is 9.62 Å². The first-order chi connectivity index (χ1) is 13.8. The Morgan fingerprint density at radius 1 is 1.31 bits per heavy atom. The number of hydrogen-bond acceptors (Lipinski definition) is 6. The Morgan fingerprint density at radius 2 is 2.03 bits per heavy atom. The van der Waals surface area contributed by atoms with Crippen molar-refractivity contribution in [2.45, 2.75) is 24.5 Å². The minimum absolute atomic E-state index is 0.0301. The Hall–Kier alpha value is -2.04. The summed E-state index contributed by atoms with van der Waals surface area (Å²) in [6.45, 7) is 4.13. The molecule has 0 amide bonds. The lowest BCUT2D eigenvalue weighted by molar-refractivity contribution is -0.385. The highest BCUT2D eigenvalue weighted by Gasteiger charge is 2.25. The van der Waals surface area contributed by atoms with E-state index in [-0.39, 0.29) is 33.8 Å². The van der Waals surface area contributed by atoms with Gasteiger partial charge < -0.3 is 4.74 Å². The Labute approximate surface area is 174 Å². The molecule has 1 aliphatic rings. The number of nitrogens with zero attached hydrogens (tertiary/aromatic N) is 2. The van der Waals surface area contributed by atoms with Crippen molar-refractivity contribution < 1.29 is 18.1 Å². The van der Waals surface area contributed by atoms with Crippen LogP contribution in [0.15, 0.2) is 47.4 Å². The van der Waals surface area contributed by atoms with E-state index in [1.54, 1.807) is 0 Å². The first kappa shape index (κ1) is 21.7. The number of hydrogen-bond donors (Lipinski definition) is 1. The van der Waals surface area contributed by atoms with Gasteiger partial charge in [-0.25, -0.2) is 13.1 Å². The number of rotatable bonds is 7. The summed E-state index contributed by atoms with van der Waals surface area (Å²) >= 11 is 5.99. The number of ether oxygens (including phenoxy) is 1. The minimum atomic E-state index is -3.97. The molecule has 1 heterocycles. The summed E-state index contributed by atoms with van der Waals surface area (Å²) in [6, 6.07) is 12.2. The second kappa shape index (κ2) is 9.19. The second-order valence-corrected chi connectivity index (χ2v) is 9.05. The van der Waals surface area contributed by atoms with E-state index in [1.165, 1.54) is 18.6 Å². The van der Waals surface area contributed by atoms with E-state index >= 15 is 0 Å². The third kappa shape index (κ3) is 5.52. The van der Waals surface area contributed by atoms with Crippen LogP contribution in [-0.4, -0.2) is 50.6 Å². The smallest absolute Gasteiger partial charge is 0.275 e. The number of halogens is 1. The number of sulfonamides is 1. The predicted octanol–water partition coefficient (Wildman–Crippen LogP) is 2.74. The van der Waals surface area contributed by atoms with Crippen LogP contribution < -0.4 is 4.72 Å². The third-order valence-corrected chi connectivity index (χ3v) is 6.57. The maximum atomic E-state index is 12.6. The molecular weight excluding hydrogens is 418 g/mol. The van der Waals surface area contributed by atoms with Crippen LogP contribution in [0.5, 0.6) is 0 Å². The lowest BCUT2D eigenvalue weighted by Crippen LogP contribution is -2.47. The monoisotopic (exact) mass is 439 g/mol. The van der Waals surface area contributed by atoms with Gasteiger partial charge in [0.2, 0.25) is 10.0 Å². The fourth-order valence-electron chi connectivity index (χ4n) is 3.16. The van der Waals surface area contributed by atoms with Crippen molar-refractivity contribution in [3.63, 3.8) is 0 Å². The summed E-state index contributed by atoms with van der Waals surface area (Å²) in [6.07, 6.45) is -0.321. The normalized spacial score (nSPS) is 17.9. The lowest BCUT2D eigenvalue weighted by atomic mass is 10.2. The summed E-state index contributed by atoms with van der Waals surface area (Å²) in [7, 11) is -3.97. The van der Waals surface area contributed by atoms with Gasteiger partial charge in [0.25, 0.3) is 5.69 Å². The van der Waals surface area contributed by atoms with Crippen LogP contribution in [0.1, 0.15) is 11.1 Å². The first-order valence-electron chi connectivity index (χ1n) is 9.08. The lowest BCUT2D eigenvalue weighted by Gasteiger charge is -2.33. The van der Waals surface area contributed by atoms with Gasteiger partial charge in [0, 0.05) is 37.8 Å². The molecule has 8 nitrogen and oxygen atoms in total. The van der Waals surface area contributed by atoms with Crippen LogP contribution in [0.4, 0.5) is 5.69 Å². The van der Waals surface area contributed by atoms with Gasteiger partial charge in [-0.1, -0.05) is 41.9 Å². The molecular formula is C19H22ClN3O5S. The van der Waals surface area contributed by atoms with Crippen LogP contribution in [0.25, 0.3) is 0 Å². The highest BCUT2D eigenvalue weighted by atomic mass is 35.5. The van der Waals surface area contributed by atoms with Gasteiger partial charge in [0.05, 0.1) is 27.6 Å². The highest BCUT2D eigenvalue weighted by Crippen LogP contribution is 2.29. The molecule has 0 spiro atoms. The number of nitrogens with one attached hydrogen (secondary N) is 1. The van der Waals surface area contributed by atoms with Gasteiger partial charge in [-0.3, -0.25) is 15.0 Å². The zero-order chi connectivity index (χ0) is 21.0. The maximum absolute atomic E-state index is 12.6. The van der Waals surface area contributed by atoms with Gasteiger partial charge >= 0.3 is 0 Å². The largest absolute Gasteiger partial charge is 0.374 e. The Bertz CT molecular complexity index is 985. The molecule has 0 aliphatic carbocycles. The van der Waals surface area contributed by atoms with Gasteiger partial charge in [-0.15, -0.1) is 0 Å². The Morgan fingerprint density at radius 3 is 2.72 bits per heavy atom. The minimum Gasteiger partial charge on any atom is -0.374 e. The van der Waals surface area contributed by atoms with E-state index in [1.807, 2.05) is 30.3 Å². The Balaban J connectivity index is 1.65. The van der Waals surface area contributed by atoms with Crippen LogP contribution >= 0.6 is 11.6 Å². The van der Waals surface area contributed by atoms with Crippen LogP contribution in [0, 0.1) is 17.0 Å². The maximum Gasteiger partial charge on any atom is 0.275 e. The van der Waals surface area contributed by atoms with Crippen LogP contribution in [0.3, 0.4) is 0 Å². The highest BCUT2D eigenvalue weighted by molar-refractivity contribution is 7.89. The molecule has 156 valence electrons. The van der Waals surface area contributed by atoms with Gasteiger partial charge in [-0.05, 0) is 18.6 Å². The van der Waals surface area contributed by atoms with Crippen molar-refractivity contribution >= 4 is 27.3 Å². The summed E-state index contributed by atoms with van der Waals surface area (Å²) < 4.78 is 33.4. The zero-order valence-corrected chi connectivity index (χ0v) is 17.4. The van der Waals surface area contributed by atoms with Crippen molar-refractivity contribution in [2.75, 3.05) is 26.2 Å². The summed E-state index contributed by atoms with van der Waals surface area (Å²) in [5, 5.41) is 11.2. The van der Waals surface area contributed by atoms with Crippen molar-refractivity contribution in [2.24, 2.45) is 0 Å². The molecule has 1 fully saturated rings. The number of nitro benzene ring substituents is 1. The van der Waals surface area contributed by atoms with Crippen molar-refractivity contribution in [3.05, 3.63) is 68.7 Å². The van der Waals surface area contributed by atoms with E-state index in [0.29, 0.717) is 13.2 Å². The topological polar surface area (TPSA) is 102 Å². The molecule has 0 radical (unpaired) electrons. The average Bonchev–Trinajstić information content (AvgIpc) is 2.69. The standard InChI is InChI=1S/C19H22ClN3O5S/c1-14-18(20)9-17(10-19(14)23(24)25)29(26,27)21-11-16-13-22(7-8-28-16)12-15-5-3-2-4-6-15/h2-6,9-10,16,21H,7-8,11-13H2,1H3. The van der Waals surface area contributed by atoms with Crippen molar-refractivity contribution in [3.8, 4) is 0 Å². The quantitative estimate of drug-likeness (QED) is 0.525. The van der Waals surface area contributed by atoms with Gasteiger partial charge in [-0.2, -0.15) is 0 Å². The van der Waals surface area contributed by atoms with Crippen LogP contribution in [0.2, 0.25) is 5.02 Å². The molecule has 1 unspecified atom stereocenters. The predicted molar refractivity (Wildman–Crippen MR) is 109 cm³/mol.